The van der Waals surface area contributed by atoms with Gasteiger partial charge in [0.2, 0.25) is 0 Å². The Morgan fingerprint density at radius 1 is 1.19 bits per heavy atom. The first kappa shape index (κ1) is 18.9. The Balaban J connectivity index is 1.65. The predicted molar refractivity (Wildman–Crippen MR) is 97.8 cm³/mol. The largest absolute Gasteiger partial charge is 0.463 e. The fraction of sp³-hybridized carbons (Fsp3) is 0.368. The van der Waals surface area contributed by atoms with Gasteiger partial charge < -0.3 is 24.9 Å². The van der Waals surface area contributed by atoms with E-state index >= 15 is 0 Å². The first-order valence-corrected chi connectivity index (χ1v) is 8.97. The molecule has 27 heavy (non-hydrogen) atoms. The van der Waals surface area contributed by atoms with Crippen LogP contribution >= 0.6 is 0 Å². The smallest absolute Gasteiger partial charge is 0.309 e. The molecular formula is C19H24FN4O3+. The van der Waals surface area contributed by atoms with Crippen molar-refractivity contribution in [1.29, 1.82) is 0 Å². The van der Waals surface area contributed by atoms with E-state index in [4.69, 9.17) is 4.42 Å². The molecule has 0 saturated carbocycles. The van der Waals surface area contributed by atoms with Crippen molar-refractivity contribution in [1.82, 2.24) is 10.6 Å². The maximum absolute atomic E-state index is 14.0. The lowest BCUT2D eigenvalue weighted by Gasteiger charge is -2.37. The van der Waals surface area contributed by atoms with Crippen LogP contribution in [-0.2, 0) is 9.59 Å². The number of carbonyl (C=O) groups excluding carboxylic acids is 2. The molecule has 1 aromatic heterocycles. The number of amides is 2. The highest BCUT2D eigenvalue weighted by atomic mass is 19.1. The van der Waals surface area contributed by atoms with E-state index in [1.165, 1.54) is 18.0 Å². The van der Waals surface area contributed by atoms with Gasteiger partial charge in [-0.05, 0) is 24.3 Å². The number of rotatable bonds is 5. The maximum Gasteiger partial charge on any atom is 0.309 e. The number of halogens is 1. The molecule has 2 aromatic rings. The van der Waals surface area contributed by atoms with Crippen LogP contribution in [0, 0.1) is 5.82 Å². The van der Waals surface area contributed by atoms with Crippen molar-refractivity contribution in [3.8, 4) is 0 Å². The summed E-state index contributed by atoms with van der Waals surface area (Å²) in [7, 11) is 1.42. The number of quaternary nitrogens is 1. The van der Waals surface area contributed by atoms with Gasteiger partial charge in [-0.15, -0.1) is 0 Å². The van der Waals surface area contributed by atoms with Crippen molar-refractivity contribution in [3.63, 3.8) is 0 Å². The molecule has 1 aliphatic heterocycles. The van der Waals surface area contributed by atoms with E-state index in [-0.39, 0.29) is 18.4 Å². The van der Waals surface area contributed by atoms with Crippen LogP contribution in [0.4, 0.5) is 10.1 Å². The molecule has 1 aliphatic rings. The number of hydrogen-bond acceptors (Lipinski definition) is 4. The summed E-state index contributed by atoms with van der Waals surface area (Å²) >= 11 is 0. The van der Waals surface area contributed by atoms with Gasteiger partial charge in [0.25, 0.3) is 0 Å². The van der Waals surface area contributed by atoms with E-state index in [1.54, 1.807) is 24.5 Å². The highest BCUT2D eigenvalue weighted by Crippen LogP contribution is 2.19. The Morgan fingerprint density at radius 3 is 2.56 bits per heavy atom. The first-order valence-electron chi connectivity index (χ1n) is 8.97. The summed E-state index contributed by atoms with van der Waals surface area (Å²) in [5.74, 6) is -0.811. The summed E-state index contributed by atoms with van der Waals surface area (Å²) in [5, 5.41) is 4.97. The van der Waals surface area contributed by atoms with Gasteiger partial charge in [-0.2, -0.15) is 0 Å². The molecule has 0 unspecified atom stereocenters. The molecule has 2 heterocycles. The monoisotopic (exact) mass is 375 g/mol. The number of carbonyl (C=O) groups is 2. The van der Waals surface area contributed by atoms with Gasteiger partial charge in [-0.3, -0.25) is 9.59 Å². The van der Waals surface area contributed by atoms with Crippen molar-refractivity contribution < 1.29 is 23.3 Å². The van der Waals surface area contributed by atoms with E-state index < -0.39 is 11.8 Å². The van der Waals surface area contributed by atoms with Crippen LogP contribution in [0.5, 0.6) is 0 Å². The number of nitrogens with one attached hydrogen (secondary N) is 3. The van der Waals surface area contributed by atoms with Crippen molar-refractivity contribution in [3.05, 3.63) is 54.2 Å². The van der Waals surface area contributed by atoms with Gasteiger partial charge in [0, 0.05) is 7.05 Å². The number of nitrogens with zero attached hydrogens (tertiary/aromatic N) is 1. The Morgan fingerprint density at radius 2 is 1.93 bits per heavy atom. The molecule has 144 valence electrons. The third kappa shape index (κ3) is 4.46. The minimum atomic E-state index is -0.674. The van der Waals surface area contributed by atoms with Crippen molar-refractivity contribution in [2.24, 2.45) is 0 Å². The van der Waals surface area contributed by atoms with Crippen LogP contribution in [0.15, 0.2) is 47.1 Å². The number of furan rings is 1. The topological polar surface area (TPSA) is 79.0 Å². The van der Waals surface area contributed by atoms with Crippen LogP contribution in [-0.4, -0.2) is 51.6 Å². The van der Waals surface area contributed by atoms with Gasteiger partial charge in [-0.25, -0.2) is 4.39 Å². The number of benzene rings is 1. The average molecular weight is 375 g/mol. The average Bonchev–Trinajstić information content (AvgIpc) is 3.23. The minimum absolute atomic E-state index is 0.114. The SMILES string of the molecule is CNC(=O)C(=O)NC[C@@H](c1ccco1)[NH+]1CCN(c2ccccc2F)CC1. The second-order valence-electron chi connectivity index (χ2n) is 6.45. The number of hydrogen-bond donors (Lipinski definition) is 3. The van der Waals surface area contributed by atoms with Crippen molar-refractivity contribution in [2.75, 3.05) is 44.7 Å². The summed E-state index contributed by atoms with van der Waals surface area (Å²) in [6, 6.07) is 10.3. The fourth-order valence-electron chi connectivity index (χ4n) is 3.42. The molecule has 3 N–H and O–H groups in total. The Bertz CT molecular complexity index is 773. The summed E-state index contributed by atoms with van der Waals surface area (Å²) in [5.41, 5.74) is 0.610. The van der Waals surface area contributed by atoms with Gasteiger partial charge in [-0.1, -0.05) is 12.1 Å². The molecule has 0 bridgehead atoms. The Kier molecular flexibility index (Phi) is 6.08. The molecule has 1 atom stereocenters. The molecule has 1 fully saturated rings. The summed E-state index contributed by atoms with van der Waals surface area (Å²) < 4.78 is 19.6. The standard InChI is InChI=1S/C19H23FN4O3/c1-21-18(25)19(26)22-13-16(17-7-4-12-27-17)24-10-8-23(9-11-24)15-6-3-2-5-14(15)20/h2-7,12,16H,8-11,13H2,1H3,(H,21,25)(H,22,26)/p+1/t16-/m0/s1. The number of likely N-dealkylation sites (N-methyl/N-ethyl adjacent to an activating group) is 1. The zero-order chi connectivity index (χ0) is 19.2. The number of para-hydroxylation sites is 1. The molecule has 0 radical (unpaired) electrons. The number of anilines is 1. The highest BCUT2D eigenvalue weighted by Gasteiger charge is 2.31. The molecule has 0 spiro atoms. The third-order valence-corrected chi connectivity index (χ3v) is 4.88. The first-order chi connectivity index (χ1) is 13.1. The van der Waals surface area contributed by atoms with Crippen LogP contribution in [0.2, 0.25) is 0 Å². The lowest BCUT2D eigenvalue weighted by molar-refractivity contribution is -0.932. The highest BCUT2D eigenvalue weighted by molar-refractivity contribution is 6.35. The van der Waals surface area contributed by atoms with E-state index in [9.17, 15) is 14.0 Å². The second-order valence-corrected chi connectivity index (χ2v) is 6.45. The summed E-state index contributed by atoms with van der Waals surface area (Å²) in [6.45, 7) is 3.19. The van der Waals surface area contributed by atoms with E-state index in [0.29, 0.717) is 18.8 Å². The summed E-state index contributed by atoms with van der Waals surface area (Å²) in [6.07, 6.45) is 1.60. The van der Waals surface area contributed by atoms with E-state index in [0.717, 1.165) is 18.8 Å². The van der Waals surface area contributed by atoms with E-state index in [2.05, 4.69) is 10.6 Å². The zero-order valence-corrected chi connectivity index (χ0v) is 15.2. The molecule has 2 amide bonds. The molecule has 3 rings (SSSR count). The van der Waals surface area contributed by atoms with Crippen LogP contribution < -0.4 is 20.4 Å². The van der Waals surface area contributed by atoms with E-state index in [1.807, 2.05) is 17.0 Å². The third-order valence-electron chi connectivity index (χ3n) is 4.88. The van der Waals surface area contributed by atoms with Gasteiger partial charge in [0.05, 0.1) is 44.7 Å². The molecule has 7 nitrogen and oxygen atoms in total. The van der Waals surface area contributed by atoms with Crippen LogP contribution in [0.1, 0.15) is 11.8 Å². The molecule has 1 saturated heterocycles. The zero-order valence-electron chi connectivity index (χ0n) is 15.2. The van der Waals surface area contributed by atoms with Crippen molar-refractivity contribution in [2.45, 2.75) is 6.04 Å². The Hall–Kier alpha value is -2.87. The normalized spacial score (nSPS) is 16.0. The van der Waals surface area contributed by atoms with Crippen LogP contribution in [0.25, 0.3) is 0 Å². The second kappa shape index (κ2) is 8.68. The number of piperazine rings is 1. The molecule has 0 aliphatic carbocycles. The quantitative estimate of drug-likeness (QED) is 0.629. The fourth-order valence-corrected chi connectivity index (χ4v) is 3.42. The van der Waals surface area contributed by atoms with Gasteiger partial charge in [0.15, 0.2) is 11.8 Å². The predicted octanol–water partition coefficient (Wildman–Crippen LogP) is -0.273. The molecule has 8 heteroatoms. The minimum Gasteiger partial charge on any atom is -0.463 e. The lowest BCUT2D eigenvalue weighted by Crippen LogP contribution is -3.15. The summed E-state index contributed by atoms with van der Waals surface area (Å²) in [4.78, 5) is 26.5. The lowest BCUT2D eigenvalue weighted by atomic mass is 10.1. The van der Waals surface area contributed by atoms with Crippen LogP contribution in [0.3, 0.4) is 0 Å². The van der Waals surface area contributed by atoms with Gasteiger partial charge in [0.1, 0.15) is 5.82 Å². The molecule has 1 aromatic carbocycles. The Labute approximate surface area is 157 Å². The molecular weight excluding hydrogens is 351 g/mol. The van der Waals surface area contributed by atoms with Gasteiger partial charge >= 0.3 is 11.8 Å². The van der Waals surface area contributed by atoms with Crippen molar-refractivity contribution >= 4 is 17.5 Å². The maximum atomic E-state index is 14.0.